The van der Waals surface area contributed by atoms with E-state index in [2.05, 4.69) is 15.0 Å². The second-order valence-electron chi connectivity index (χ2n) is 7.18. The van der Waals surface area contributed by atoms with Gasteiger partial charge in [0.2, 0.25) is 5.91 Å². The van der Waals surface area contributed by atoms with Crippen molar-refractivity contribution in [1.29, 1.82) is 0 Å². The van der Waals surface area contributed by atoms with Crippen LogP contribution in [0.15, 0.2) is 59.1 Å². The quantitative estimate of drug-likeness (QED) is 0.639. The van der Waals surface area contributed by atoms with Crippen LogP contribution in [0.5, 0.6) is 11.5 Å². The van der Waals surface area contributed by atoms with Crippen molar-refractivity contribution < 1.29 is 36.2 Å². The predicted octanol–water partition coefficient (Wildman–Crippen LogP) is 4.83. The van der Waals surface area contributed by atoms with Crippen LogP contribution < -0.4 is 14.8 Å². The van der Waals surface area contributed by atoms with E-state index in [1.54, 1.807) is 6.07 Å². The molecule has 1 atom stereocenters. The van der Waals surface area contributed by atoms with Gasteiger partial charge in [-0.2, -0.15) is 22.0 Å². The maximum absolute atomic E-state index is 13.2. The van der Waals surface area contributed by atoms with E-state index in [-0.39, 0.29) is 29.4 Å². The standard InChI is InChI=1S/C22H17F5N2O3/c23-21(24)32-18-9-12(15-10-19(30)29-20-14(15)7-8-28-20)5-6-17(18)31-11-13-3-1-2-4-16(13)22(25,26)27/h1-7,9,15,21H,8,10-11H2,(H,28,29,30). The first kappa shape index (κ1) is 21.8. The molecule has 0 radical (unpaired) electrons. The number of nitrogens with zero attached hydrogens (tertiary/aromatic N) is 1. The number of amides is 1. The normalized spacial score (nSPS) is 18.1. The van der Waals surface area contributed by atoms with E-state index in [4.69, 9.17) is 4.74 Å². The largest absolute Gasteiger partial charge is 0.485 e. The van der Waals surface area contributed by atoms with Crippen molar-refractivity contribution in [2.45, 2.75) is 31.7 Å². The molecule has 0 aromatic heterocycles. The molecule has 1 amide bonds. The number of aliphatic imine (C=N–C) groups is 1. The van der Waals surface area contributed by atoms with Crippen LogP contribution in [0.25, 0.3) is 0 Å². The van der Waals surface area contributed by atoms with Gasteiger partial charge in [0.15, 0.2) is 11.5 Å². The zero-order valence-electron chi connectivity index (χ0n) is 16.5. The SMILES string of the molecule is O=C1CC(c2ccc(OCc3ccccc3C(F)(F)F)c(OC(F)F)c2)C2=CCN=C2N1. The summed E-state index contributed by atoms with van der Waals surface area (Å²) in [5.41, 5.74) is 0.286. The van der Waals surface area contributed by atoms with Gasteiger partial charge in [0.05, 0.1) is 12.1 Å². The highest BCUT2D eigenvalue weighted by Gasteiger charge is 2.34. The maximum Gasteiger partial charge on any atom is 0.416 e. The average Bonchev–Trinajstić information content (AvgIpc) is 3.19. The van der Waals surface area contributed by atoms with E-state index in [9.17, 15) is 26.7 Å². The van der Waals surface area contributed by atoms with E-state index in [0.717, 1.165) is 11.6 Å². The Bertz CT molecular complexity index is 1100. The Morgan fingerprint density at radius 2 is 1.91 bits per heavy atom. The monoisotopic (exact) mass is 452 g/mol. The third-order valence-electron chi connectivity index (χ3n) is 5.15. The van der Waals surface area contributed by atoms with Crippen LogP contribution in [0, 0.1) is 0 Å². The molecule has 1 unspecified atom stereocenters. The summed E-state index contributed by atoms with van der Waals surface area (Å²) in [6.45, 7) is -3.27. The first-order valence-corrected chi connectivity index (χ1v) is 9.63. The van der Waals surface area contributed by atoms with Crippen LogP contribution in [-0.4, -0.2) is 24.9 Å². The first-order valence-electron chi connectivity index (χ1n) is 9.63. The summed E-state index contributed by atoms with van der Waals surface area (Å²) >= 11 is 0. The van der Waals surface area contributed by atoms with Crippen LogP contribution in [0.4, 0.5) is 22.0 Å². The molecular formula is C22H17F5N2O3. The smallest absolute Gasteiger partial charge is 0.416 e. The molecule has 0 spiro atoms. The molecule has 1 N–H and O–H groups in total. The lowest BCUT2D eigenvalue weighted by Gasteiger charge is -2.26. The van der Waals surface area contributed by atoms with Crippen molar-refractivity contribution >= 4 is 11.7 Å². The highest BCUT2D eigenvalue weighted by Crippen LogP contribution is 2.39. The molecular weight excluding hydrogens is 435 g/mol. The summed E-state index contributed by atoms with van der Waals surface area (Å²) in [6, 6.07) is 9.08. The number of benzene rings is 2. The highest BCUT2D eigenvalue weighted by molar-refractivity contribution is 6.12. The van der Waals surface area contributed by atoms with E-state index in [1.165, 1.54) is 30.3 Å². The second kappa shape index (κ2) is 8.60. The molecule has 168 valence electrons. The third kappa shape index (κ3) is 4.58. The second-order valence-corrected chi connectivity index (χ2v) is 7.18. The number of hydrogen-bond acceptors (Lipinski definition) is 4. The average molecular weight is 452 g/mol. The number of amidine groups is 1. The van der Waals surface area contributed by atoms with Gasteiger partial charge in [0.25, 0.3) is 0 Å². The summed E-state index contributed by atoms with van der Waals surface area (Å²) in [6.07, 6.45) is -2.65. The van der Waals surface area contributed by atoms with Crippen LogP contribution in [0.1, 0.15) is 29.0 Å². The Morgan fingerprint density at radius 3 is 2.66 bits per heavy atom. The summed E-state index contributed by atoms with van der Waals surface area (Å²) in [7, 11) is 0. The number of nitrogens with one attached hydrogen (secondary N) is 1. The third-order valence-corrected chi connectivity index (χ3v) is 5.15. The minimum atomic E-state index is -4.58. The molecule has 0 bridgehead atoms. The van der Waals surface area contributed by atoms with Gasteiger partial charge >= 0.3 is 12.8 Å². The van der Waals surface area contributed by atoms with Crippen molar-refractivity contribution in [3.05, 3.63) is 70.8 Å². The van der Waals surface area contributed by atoms with Gasteiger partial charge in [-0.25, -0.2) is 0 Å². The van der Waals surface area contributed by atoms with Gasteiger partial charge in [-0.3, -0.25) is 9.79 Å². The Balaban J connectivity index is 1.61. The number of halogens is 5. The molecule has 2 aliphatic rings. The van der Waals surface area contributed by atoms with Crippen molar-refractivity contribution in [2.75, 3.05) is 6.54 Å². The van der Waals surface area contributed by atoms with Crippen molar-refractivity contribution in [3.8, 4) is 11.5 Å². The van der Waals surface area contributed by atoms with Crippen molar-refractivity contribution in [1.82, 2.24) is 5.32 Å². The number of alkyl halides is 5. The van der Waals surface area contributed by atoms with Crippen molar-refractivity contribution in [2.24, 2.45) is 4.99 Å². The molecule has 2 aromatic rings. The Morgan fingerprint density at radius 1 is 1.12 bits per heavy atom. The molecule has 2 aliphatic heterocycles. The Labute approximate surface area is 179 Å². The van der Waals surface area contributed by atoms with Crippen LogP contribution >= 0.6 is 0 Å². The molecule has 5 nitrogen and oxygen atoms in total. The number of carbonyl (C=O) groups is 1. The Kier molecular flexibility index (Phi) is 5.86. The van der Waals surface area contributed by atoms with Crippen LogP contribution in [-0.2, 0) is 17.6 Å². The van der Waals surface area contributed by atoms with E-state index >= 15 is 0 Å². The predicted molar refractivity (Wildman–Crippen MR) is 105 cm³/mol. The van der Waals surface area contributed by atoms with Gasteiger partial charge in [-0.1, -0.05) is 30.3 Å². The number of ether oxygens (including phenoxy) is 2. The van der Waals surface area contributed by atoms with Crippen LogP contribution in [0.3, 0.4) is 0 Å². The first-order chi connectivity index (χ1) is 15.2. The summed E-state index contributed by atoms with van der Waals surface area (Å²) < 4.78 is 75.6. The number of carbonyl (C=O) groups excluding carboxylic acids is 1. The highest BCUT2D eigenvalue weighted by atomic mass is 19.4. The summed E-state index contributed by atoms with van der Waals surface area (Å²) in [5, 5.41) is 2.67. The van der Waals surface area contributed by atoms with Crippen LogP contribution in [0.2, 0.25) is 0 Å². The molecule has 0 saturated carbocycles. The lowest BCUT2D eigenvalue weighted by molar-refractivity contribution is -0.138. The zero-order chi connectivity index (χ0) is 22.9. The molecule has 2 aromatic carbocycles. The molecule has 10 heteroatoms. The van der Waals surface area contributed by atoms with Crippen molar-refractivity contribution in [3.63, 3.8) is 0 Å². The molecule has 1 saturated heterocycles. The zero-order valence-corrected chi connectivity index (χ0v) is 16.5. The lowest BCUT2D eigenvalue weighted by atomic mass is 9.85. The van der Waals surface area contributed by atoms with Gasteiger partial charge in [0.1, 0.15) is 12.4 Å². The minimum absolute atomic E-state index is 0.0954. The maximum atomic E-state index is 13.2. The fourth-order valence-corrected chi connectivity index (χ4v) is 3.75. The number of rotatable bonds is 6. The number of fused-ring (bicyclic) bond motifs is 1. The number of piperidine rings is 1. The summed E-state index contributed by atoms with van der Waals surface area (Å²) in [4.78, 5) is 16.2. The molecule has 32 heavy (non-hydrogen) atoms. The minimum Gasteiger partial charge on any atom is -0.485 e. The van der Waals surface area contributed by atoms with E-state index in [1.807, 2.05) is 6.08 Å². The fraction of sp³-hybridized carbons (Fsp3) is 0.273. The van der Waals surface area contributed by atoms with Gasteiger partial charge in [-0.15, -0.1) is 0 Å². The summed E-state index contributed by atoms with van der Waals surface area (Å²) in [5.74, 6) is -0.685. The van der Waals surface area contributed by atoms with Gasteiger partial charge < -0.3 is 14.8 Å². The molecule has 0 aliphatic carbocycles. The molecule has 2 heterocycles. The van der Waals surface area contributed by atoms with Gasteiger partial charge in [-0.05, 0) is 23.8 Å². The Hall–Kier alpha value is -3.43. The topological polar surface area (TPSA) is 59.9 Å². The molecule has 4 rings (SSSR count). The van der Waals surface area contributed by atoms with Gasteiger partial charge in [0, 0.05) is 23.5 Å². The lowest BCUT2D eigenvalue weighted by Crippen LogP contribution is -2.38. The number of hydrogen-bond donors (Lipinski definition) is 1. The van der Waals surface area contributed by atoms with E-state index in [0.29, 0.717) is 17.9 Å². The fourth-order valence-electron chi connectivity index (χ4n) is 3.75. The van der Waals surface area contributed by atoms with E-state index < -0.39 is 30.9 Å². The molecule has 1 fully saturated rings.